The van der Waals surface area contributed by atoms with Gasteiger partial charge in [0.05, 0.1) is 0 Å². The SMILES string of the molecule is C1CCCC1.C=C(C)C[C@H]([S-])C(=C)C.C[C@@H]([C@H](C)P(c1ccccc1)c1ccccc1)P(c1ccccc1)c1ccccc1.[Ru+2]. The van der Waals surface area contributed by atoms with Crippen LogP contribution < -0.4 is 21.2 Å². The Morgan fingerprint density at radius 1 is 0.556 bits per heavy atom. The number of hydrogen-bond acceptors (Lipinski definition) is 1. The van der Waals surface area contributed by atoms with Crippen LogP contribution in [0.15, 0.2) is 146 Å². The molecule has 0 N–H and O–H groups in total. The Bertz CT molecular complexity index is 1180. The van der Waals surface area contributed by atoms with Gasteiger partial charge in [0.2, 0.25) is 0 Å². The second kappa shape index (κ2) is 21.9. The quantitative estimate of drug-likeness (QED) is 0.0676. The van der Waals surface area contributed by atoms with Gasteiger partial charge in [0.1, 0.15) is 0 Å². The Hall–Kier alpha value is -1.81. The van der Waals surface area contributed by atoms with Crippen LogP contribution in [0.25, 0.3) is 0 Å². The first kappa shape index (κ1) is 39.4. The molecule has 0 spiro atoms. The second-order valence-electron chi connectivity index (χ2n) is 11.8. The normalized spacial score (nSPS) is 14.1. The van der Waals surface area contributed by atoms with Crippen LogP contribution in [0.1, 0.15) is 66.2 Å². The van der Waals surface area contributed by atoms with E-state index in [0.29, 0.717) is 11.3 Å². The minimum Gasteiger partial charge on any atom is -0.785 e. The van der Waals surface area contributed by atoms with Crippen LogP contribution in [0, 0.1) is 0 Å². The van der Waals surface area contributed by atoms with Crippen molar-refractivity contribution in [3.63, 3.8) is 0 Å². The molecule has 1 aliphatic rings. The summed E-state index contributed by atoms with van der Waals surface area (Å²) in [5.74, 6) is 0. The number of allylic oxidation sites excluding steroid dienone is 1. The van der Waals surface area contributed by atoms with Crippen molar-refractivity contribution in [1.29, 1.82) is 0 Å². The fourth-order valence-corrected chi connectivity index (χ4v) is 11.8. The van der Waals surface area contributed by atoms with Gasteiger partial charge in [-0.05, 0) is 68.6 Å². The zero-order chi connectivity index (χ0) is 31.7. The Balaban J connectivity index is 0.000000391. The molecule has 0 unspecified atom stereocenters. The van der Waals surface area contributed by atoms with E-state index in [0.717, 1.165) is 17.6 Å². The summed E-state index contributed by atoms with van der Waals surface area (Å²) in [5, 5.41) is 6.05. The summed E-state index contributed by atoms with van der Waals surface area (Å²) in [6.07, 6.45) is 8.39. The van der Waals surface area contributed by atoms with E-state index >= 15 is 0 Å². The minimum atomic E-state index is -0.448. The maximum atomic E-state index is 5.08. The van der Waals surface area contributed by atoms with Crippen molar-refractivity contribution >= 4 is 49.7 Å². The fraction of sp³-hybridized carbons (Fsp3) is 0.317. The topological polar surface area (TPSA) is 0 Å². The van der Waals surface area contributed by atoms with E-state index in [1.165, 1.54) is 53.3 Å². The van der Waals surface area contributed by atoms with Crippen molar-refractivity contribution in [3.05, 3.63) is 146 Å². The standard InChI is InChI=1S/C28H28P2.C8H14S.C5H10.Ru/c1-23(29(25-15-7-3-8-16-25)26-17-9-4-10-18-26)24(2)30(27-19-11-5-12-20-27)28-21-13-6-14-22-28;1-6(2)5-8(9)7(3)4;1-2-4-5-3-1;/h3-24H,1-2H3;8-9H,1,3,5H2,2,4H3;1-5H2;/q;;;+2/p-1/t23-,24-;8-;;/m00../s1. The van der Waals surface area contributed by atoms with Crippen LogP contribution in [0.2, 0.25) is 0 Å². The molecule has 238 valence electrons. The second-order valence-corrected chi connectivity index (χ2v) is 17.6. The minimum absolute atomic E-state index is 0. The van der Waals surface area contributed by atoms with Gasteiger partial charge >= 0.3 is 19.5 Å². The smallest absolute Gasteiger partial charge is 0.785 e. The average Bonchev–Trinajstić information content (AvgIpc) is 3.64. The van der Waals surface area contributed by atoms with E-state index in [-0.39, 0.29) is 24.7 Å². The van der Waals surface area contributed by atoms with E-state index < -0.39 is 15.8 Å². The molecule has 0 nitrogen and oxygen atoms in total. The third-order valence-electron chi connectivity index (χ3n) is 7.98. The molecular formula is C41H51P2RuS+. The molecule has 0 radical (unpaired) electrons. The molecule has 4 aromatic carbocycles. The summed E-state index contributed by atoms with van der Waals surface area (Å²) in [6, 6.07) is 44.5. The predicted octanol–water partition coefficient (Wildman–Crippen LogP) is 10.4. The number of benzene rings is 4. The van der Waals surface area contributed by atoms with Gasteiger partial charge in [0.25, 0.3) is 0 Å². The van der Waals surface area contributed by atoms with E-state index in [2.05, 4.69) is 148 Å². The summed E-state index contributed by atoms with van der Waals surface area (Å²) >= 11 is 5.08. The van der Waals surface area contributed by atoms with Crippen molar-refractivity contribution < 1.29 is 19.5 Å². The molecule has 0 aromatic heterocycles. The molecular weight excluding hydrogens is 688 g/mol. The first-order chi connectivity index (χ1) is 21.3. The van der Waals surface area contributed by atoms with Gasteiger partial charge in [-0.15, -0.1) is 24.0 Å². The molecule has 4 heteroatoms. The number of hydrogen-bond donors (Lipinski definition) is 0. The predicted molar refractivity (Wildman–Crippen MR) is 206 cm³/mol. The molecule has 4 aromatic rings. The largest absolute Gasteiger partial charge is 2.00 e. The monoisotopic (exact) mass is 739 g/mol. The molecule has 1 saturated carbocycles. The van der Waals surface area contributed by atoms with Gasteiger partial charge in [-0.2, -0.15) is 0 Å². The van der Waals surface area contributed by atoms with Gasteiger partial charge in [-0.3, -0.25) is 0 Å². The zero-order valence-corrected chi connectivity index (χ0v) is 31.9. The zero-order valence-electron chi connectivity index (χ0n) is 27.6. The van der Waals surface area contributed by atoms with Crippen LogP contribution in [0.3, 0.4) is 0 Å². The van der Waals surface area contributed by atoms with Crippen molar-refractivity contribution in [2.75, 3.05) is 0 Å². The number of rotatable bonds is 10. The van der Waals surface area contributed by atoms with E-state index in [9.17, 15) is 0 Å². The third-order valence-corrected chi connectivity index (χ3v) is 14.7. The summed E-state index contributed by atoms with van der Waals surface area (Å²) in [5.41, 5.74) is 3.30. The van der Waals surface area contributed by atoms with Gasteiger partial charge in [0, 0.05) is 0 Å². The molecule has 1 aliphatic carbocycles. The third kappa shape index (κ3) is 13.4. The van der Waals surface area contributed by atoms with Crippen LogP contribution in [-0.4, -0.2) is 16.6 Å². The van der Waals surface area contributed by atoms with Gasteiger partial charge in [-0.1, -0.05) is 173 Å². The Kier molecular flexibility index (Phi) is 19.2. The molecule has 0 saturated heterocycles. The Labute approximate surface area is 295 Å². The maximum absolute atomic E-state index is 5.08. The van der Waals surface area contributed by atoms with Crippen LogP contribution in [0.4, 0.5) is 0 Å². The van der Waals surface area contributed by atoms with E-state index in [1.54, 1.807) is 0 Å². The van der Waals surface area contributed by atoms with Crippen molar-refractivity contribution in [1.82, 2.24) is 0 Å². The van der Waals surface area contributed by atoms with Crippen LogP contribution in [0.5, 0.6) is 0 Å². The van der Waals surface area contributed by atoms with Crippen molar-refractivity contribution in [2.45, 2.75) is 82.8 Å². The first-order valence-corrected chi connectivity index (χ1v) is 19.3. The van der Waals surface area contributed by atoms with Gasteiger partial charge in [0.15, 0.2) is 0 Å². The molecule has 0 heterocycles. The van der Waals surface area contributed by atoms with Gasteiger partial charge in [-0.25, -0.2) is 0 Å². The molecule has 0 amide bonds. The molecule has 1 fully saturated rings. The van der Waals surface area contributed by atoms with Crippen molar-refractivity contribution in [2.24, 2.45) is 0 Å². The molecule has 0 aliphatic heterocycles. The summed E-state index contributed by atoms with van der Waals surface area (Å²) < 4.78 is 0. The molecule has 45 heavy (non-hydrogen) atoms. The summed E-state index contributed by atoms with van der Waals surface area (Å²) in [6.45, 7) is 16.4. The summed E-state index contributed by atoms with van der Waals surface area (Å²) in [4.78, 5) is 0. The molecule has 5 rings (SSSR count). The van der Waals surface area contributed by atoms with Crippen LogP contribution in [-0.2, 0) is 32.1 Å². The molecule has 0 bridgehead atoms. The van der Waals surface area contributed by atoms with Crippen molar-refractivity contribution in [3.8, 4) is 0 Å². The average molecular weight is 739 g/mol. The van der Waals surface area contributed by atoms with Crippen LogP contribution >= 0.6 is 15.8 Å². The molecule has 3 atom stereocenters. The summed E-state index contributed by atoms with van der Waals surface area (Å²) in [7, 11) is -0.897. The van der Waals surface area contributed by atoms with Gasteiger partial charge < -0.3 is 12.6 Å². The maximum Gasteiger partial charge on any atom is 2.00 e. The van der Waals surface area contributed by atoms with E-state index in [1.807, 2.05) is 13.8 Å². The first-order valence-electron chi connectivity index (χ1n) is 16.0. The Morgan fingerprint density at radius 2 is 0.800 bits per heavy atom. The Morgan fingerprint density at radius 3 is 0.978 bits per heavy atom. The fourth-order valence-electron chi connectivity index (χ4n) is 5.40. The van der Waals surface area contributed by atoms with E-state index in [4.69, 9.17) is 12.6 Å².